The summed E-state index contributed by atoms with van der Waals surface area (Å²) in [5, 5.41) is 0. The van der Waals surface area contributed by atoms with E-state index >= 15 is 0 Å². The van der Waals surface area contributed by atoms with Gasteiger partial charge in [-0.15, -0.1) is 0 Å². The average molecular weight is 279 g/mol. The van der Waals surface area contributed by atoms with E-state index in [1.807, 2.05) is 0 Å². The van der Waals surface area contributed by atoms with E-state index in [0.717, 1.165) is 17.7 Å². The van der Waals surface area contributed by atoms with Gasteiger partial charge in [0.25, 0.3) is 0 Å². The van der Waals surface area contributed by atoms with E-state index in [1.165, 1.54) is 6.07 Å². The van der Waals surface area contributed by atoms with Crippen LogP contribution in [-0.2, 0) is 6.61 Å². The van der Waals surface area contributed by atoms with Gasteiger partial charge in [0.1, 0.15) is 17.3 Å². The van der Waals surface area contributed by atoms with Gasteiger partial charge in [0.05, 0.1) is 0 Å². The second kappa shape index (κ2) is 5.75. The van der Waals surface area contributed by atoms with E-state index in [9.17, 15) is 8.78 Å². The van der Waals surface area contributed by atoms with Crippen molar-refractivity contribution in [1.82, 2.24) is 0 Å². The summed E-state index contributed by atoms with van der Waals surface area (Å²) < 4.78 is 31.2. The van der Waals surface area contributed by atoms with Crippen LogP contribution in [0.1, 0.15) is 11.1 Å². The molecule has 5 heteroatoms. The van der Waals surface area contributed by atoms with Gasteiger partial charge in [0.2, 0.25) is 0 Å². The third-order valence-corrected chi connectivity index (χ3v) is 2.76. The number of nitrogens with two attached hydrogens (primary N) is 1. The minimum absolute atomic E-state index is 0.156. The Morgan fingerprint density at radius 1 is 1.05 bits per heavy atom. The SMILES string of the molecule is NC(=S)c1ccc(OCc2ccc(F)c(F)c2)cc1. The maximum Gasteiger partial charge on any atom is 0.159 e. The standard InChI is InChI=1S/C14H11F2NOS/c15-12-6-1-9(7-13(12)16)8-18-11-4-2-10(3-5-11)14(17)19/h1-7H,8H2,(H2,17,19). The molecule has 2 aromatic carbocycles. The largest absolute Gasteiger partial charge is 0.489 e. The monoisotopic (exact) mass is 279 g/mol. The number of rotatable bonds is 4. The van der Waals surface area contributed by atoms with E-state index in [2.05, 4.69) is 0 Å². The van der Waals surface area contributed by atoms with Gasteiger partial charge >= 0.3 is 0 Å². The number of halogens is 2. The van der Waals surface area contributed by atoms with Crippen molar-refractivity contribution in [1.29, 1.82) is 0 Å². The molecule has 0 aliphatic rings. The van der Waals surface area contributed by atoms with Crippen molar-refractivity contribution in [2.45, 2.75) is 6.61 Å². The second-order valence-corrected chi connectivity index (χ2v) is 4.37. The van der Waals surface area contributed by atoms with Crippen LogP contribution in [0.25, 0.3) is 0 Å². The molecular formula is C14H11F2NOS. The molecule has 2 N–H and O–H groups in total. The van der Waals surface area contributed by atoms with Crippen molar-refractivity contribution >= 4 is 17.2 Å². The molecule has 0 bridgehead atoms. The summed E-state index contributed by atoms with van der Waals surface area (Å²) in [6, 6.07) is 10.6. The quantitative estimate of drug-likeness (QED) is 0.873. The van der Waals surface area contributed by atoms with Crippen LogP contribution in [0.2, 0.25) is 0 Å². The zero-order valence-corrected chi connectivity index (χ0v) is 10.7. The minimum Gasteiger partial charge on any atom is -0.489 e. The molecule has 0 aliphatic carbocycles. The van der Waals surface area contributed by atoms with Gasteiger partial charge in [0, 0.05) is 5.56 Å². The first-order valence-electron chi connectivity index (χ1n) is 5.53. The molecule has 98 valence electrons. The van der Waals surface area contributed by atoms with Crippen LogP contribution < -0.4 is 10.5 Å². The zero-order chi connectivity index (χ0) is 13.8. The number of hydrogen-bond donors (Lipinski definition) is 1. The average Bonchev–Trinajstić information content (AvgIpc) is 2.40. The van der Waals surface area contributed by atoms with Crippen LogP contribution in [0, 0.1) is 11.6 Å². The molecule has 0 saturated carbocycles. The first-order valence-corrected chi connectivity index (χ1v) is 5.93. The van der Waals surface area contributed by atoms with Gasteiger partial charge in [-0.2, -0.15) is 0 Å². The van der Waals surface area contributed by atoms with Crippen LogP contribution in [0.15, 0.2) is 42.5 Å². The van der Waals surface area contributed by atoms with Gasteiger partial charge in [-0.1, -0.05) is 18.3 Å². The van der Waals surface area contributed by atoms with Crippen LogP contribution in [0.3, 0.4) is 0 Å². The van der Waals surface area contributed by atoms with Crippen molar-refractivity contribution in [3.05, 3.63) is 65.2 Å². The van der Waals surface area contributed by atoms with Gasteiger partial charge in [-0.3, -0.25) is 0 Å². The van der Waals surface area contributed by atoms with E-state index in [-0.39, 0.29) is 6.61 Å². The molecule has 0 atom stereocenters. The van der Waals surface area contributed by atoms with Crippen molar-refractivity contribution in [3.8, 4) is 5.75 Å². The fourth-order valence-electron chi connectivity index (χ4n) is 1.51. The number of ether oxygens (including phenoxy) is 1. The smallest absolute Gasteiger partial charge is 0.159 e. The Morgan fingerprint density at radius 3 is 2.32 bits per heavy atom. The fraction of sp³-hybridized carbons (Fsp3) is 0.0714. The summed E-state index contributed by atoms with van der Waals surface area (Å²) in [6.07, 6.45) is 0. The predicted molar refractivity (Wildman–Crippen MR) is 73.0 cm³/mol. The highest BCUT2D eigenvalue weighted by molar-refractivity contribution is 7.80. The van der Waals surface area contributed by atoms with Crippen molar-refractivity contribution in [3.63, 3.8) is 0 Å². The zero-order valence-electron chi connectivity index (χ0n) is 9.90. The van der Waals surface area contributed by atoms with Crippen LogP contribution in [-0.4, -0.2) is 4.99 Å². The van der Waals surface area contributed by atoms with Crippen LogP contribution in [0.4, 0.5) is 8.78 Å². The number of thiocarbonyl (C=S) groups is 1. The van der Waals surface area contributed by atoms with Crippen molar-refractivity contribution < 1.29 is 13.5 Å². The molecule has 0 saturated heterocycles. The minimum atomic E-state index is -0.884. The summed E-state index contributed by atoms with van der Waals surface area (Å²) in [5.41, 5.74) is 6.77. The lowest BCUT2D eigenvalue weighted by atomic mass is 10.2. The highest BCUT2D eigenvalue weighted by atomic mass is 32.1. The Balaban J connectivity index is 2.01. The predicted octanol–water partition coefficient (Wildman–Crippen LogP) is 3.18. The maximum atomic E-state index is 13.0. The Kier molecular flexibility index (Phi) is 4.06. The first-order chi connectivity index (χ1) is 9.06. The Labute approximate surface area is 114 Å². The Bertz CT molecular complexity index is 599. The van der Waals surface area contributed by atoms with Crippen molar-refractivity contribution in [2.24, 2.45) is 5.73 Å². The Morgan fingerprint density at radius 2 is 1.74 bits per heavy atom. The molecule has 0 amide bonds. The van der Waals surface area contributed by atoms with E-state index in [4.69, 9.17) is 22.7 Å². The Hall–Kier alpha value is -2.01. The van der Waals surface area contributed by atoms with Gasteiger partial charge in [0.15, 0.2) is 11.6 Å². The van der Waals surface area contributed by atoms with E-state index in [0.29, 0.717) is 16.3 Å². The van der Waals surface area contributed by atoms with E-state index < -0.39 is 11.6 Å². The maximum absolute atomic E-state index is 13.0. The second-order valence-electron chi connectivity index (χ2n) is 3.93. The molecule has 19 heavy (non-hydrogen) atoms. The third-order valence-electron chi connectivity index (χ3n) is 2.53. The number of hydrogen-bond acceptors (Lipinski definition) is 2. The molecule has 0 fully saturated rings. The highest BCUT2D eigenvalue weighted by Gasteiger charge is 2.03. The summed E-state index contributed by atoms with van der Waals surface area (Å²) in [7, 11) is 0. The topological polar surface area (TPSA) is 35.2 Å². The lowest BCUT2D eigenvalue weighted by molar-refractivity contribution is 0.305. The fourth-order valence-corrected chi connectivity index (χ4v) is 1.65. The lowest BCUT2D eigenvalue weighted by Crippen LogP contribution is -2.08. The molecule has 0 spiro atoms. The highest BCUT2D eigenvalue weighted by Crippen LogP contribution is 2.15. The molecule has 2 aromatic rings. The first kappa shape index (κ1) is 13.4. The summed E-state index contributed by atoms with van der Waals surface area (Å²) in [6.45, 7) is 0.156. The molecule has 2 rings (SSSR count). The summed E-state index contributed by atoms with van der Waals surface area (Å²) in [5.74, 6) is -1.15. The van der Waals surface area contributed by atoms with Crippen molar-refractivity contribution in [2.75, 3.05) is 0 Å². The molecule has 0 heterocycles. The van der Waals surface area contributed by atoms with E-state index in [1.54, 1.807) is 24.3 Å². The molecule has 2 nitrogen and oxygen atoms in total. The molecule has 0 unspecified atom stereocenters. The third kappa shape index (κ3) is 3.48. The van der Waals surface area contributed by atoms with Gasteiger partial charge in [-0.25, -0.2) is 8.78 Å². The number of benzene rings is 2. The summed E-state index contributed by atoms with van der Waals surface area (Å²) >= 11 is 4.83. The normalized spacial score (nSPS) is 10.2. The van der Waals surface area contributed by atoms with Gasteiger partial charge in [-0.05, 0) is 42.0 Å². The molecule has 0 aromatic heterocycles. The molecular weight excluding hydrogens is 268 g/mol. The summed E-state index contributed by atoms with van der Waals surface area (Å²) in [4.78, 5) is 0.312. The van der Waals surface area contributed by atoms with Gasteiger partial charge < -0.3 is 10.5 Å². The van der Waals surface area contributed by atoms with Crippen LogP contribution >= 0.6 is 12.2 Å². The lowest BCUT2D eigenvalue weighted by Gasteiger charge is -2.07. The molecule has 0 radical (unpaired) electrons. The van der Waals surface area contributed by atoms with Crippen LogP contribution in [0.5, 0.6) is 5.75 Å². The molecule has 0 aliphatic heterocycles.